The Balaban J connectivity index is 3.91. The van der Waals surface area contributed by atoms with Gasteiger partial charge in [0.15, 0.2) is 6.10 Å². The molecular formula is C73H142O6. The molecule has 0 fully saturated rings. The molecule has 0 rings (SSSR count). The molecule has 0 aromatic carbocycles. The summed E-state index contributed by atoms with van der Waals surface area (Å²) in [6.07, 6.45) is 81.9. The molecule has 0 bridgehead atoms. The lowest BCUT2D eigenvalue weighted by atomic mass is 10.0. The minimum Gasteiger partial charge on any atom is -0.462 e. The van der Waals surface area contributed by atoms with Crippen LogP contribution in [0.3, 0.4) is 0 Å². The summed E-state index contributed by atoms with van der Waals surface area (Å²) in [5, 5.41) is 0. The van der Waals surface area contributed by atoms with E-state index in [0.29, 0.717) is 19.3 Å². The zero-order valence-electron chi connectivity index (χ0n) is 54.2. The highest BCUT2D eigenvalue weighted by atomic mass is 16.6. The Kier molecular flexibility index (Phi) is 67.5. The zero-order valence-corrected chi connectivity index (χ0v) is 54.2. The van der Waals surface area contributed by atoms with Crippen molar-refractivity contribution in [2.24, 2.45) is 0 Å². The van der Waals surface area contributed by atoms with Gasteiger partial charge in [0.2, 0.25) is 0 Å². The van der Waals surface area contributed by atoms with Crippen LogP contribution < -0.4 is 0 Å². The summed E-state index contributed by atoms with van der Waals surface area (Å²) in [5.41, 5.74) is 0. The number of rotatable bonds is 69. The molecule has 1 atom stereocenters. The van der Waals surface area contributed by atoms with Crippen LogP contribution in [-0.4, -0.2) is 37.2 Å². The van der Waals surface area contributed by atoms with Gasteiger partial charge >= 0.3 is 17.9 Å². The standard InChI is InChI=1S/C73H142O6/c1-4-7-10-13-16-19-21-23-25-27-29-30-31-32-33-34-35-36-37-38-39-40-41-42-43-44-45-47-48-50-52-54-57-60-63-66-72(75)78-69-70(68-77-71(74)65-62-59-56-18-15-12-9-6-3)79-73(76)67-64-61-58-55-53-51-49-46-28-26-24-22-20-17-14-11-8-5-2/h70H,4-69H2,1-3H3. The first-order valence-corrected chi connectivity index (χ1v) is 36.5. The molecule has 0 saturated heterocycles. The minimum atomic E-state index is -0.762. The fourth-order valence-corrected chi connectivity index (χ4v) is 11.6. The number of ether oxygens (including phenoxy) is 3. The molecule has 470 valence electrons. The van der Waals surface area contributed by atoms with Gasteiger partial charge in [-0.15, -0.1) is 0 Å². The number of hydrogen-bond donors (Lipinski definition) is 0. The van der Waals surface area contributed by atoms with Gasteiger partial charge in [0.25, 0.3) is 0 Å². The number of hydrogen-bond acceptors (Lipinski definition) is 6. The van der Waals surface area contributed by atoms with E-state index in [-0.39, 0.29) is 31.1 Å². The molecule has 0 N–H and O–H groups in total. The van der Waals surface area contributed by atoms with Gasteiger partial charge in [-0.2, -0.15) is 0 Å². The first kappa shape index (κ1) is 77.4. The third-order valence-corrected chi connectivity index (χ3v) is 17.1. The fourth-order valence-electron chi connectivity index (χ4n) is 11.6. The second kappa shape index (κ2) is 68.9. The van der Waals surface area contributed by atoms with Crippen LogP contribution in [0.5, 0.6) is 0 Å². The van der Waals surface area contributed by atoms with Crippen molar-refractivity contribution in [2.75, 3.05) is 13.2 Å². The van der Waals surface area contributed by atoms with Gasteiger partial charge in [-0.1, -0.05) is 393 Å². The van der Waals surface area contributed by atoms with Gasteiger partial charge < -0.3 is 14.2 Å². The lowest BCUT2D eigenvalue weighted by molar-refractivity contribution is -0.167. The number of carbonyl (C=O) groups excluding carboxylic acids is 3. The molecule has 0 saturated carbocycles. The summed E-state index contributed by atoms with van der Waals surface area (Å²) >= 11 is 0. The predicted octanol–water partition coefficient (Wildman–Crippen LogP) is 25.0. The van der Waals surface area contributed by atoms with Crippen molar-refractivity contribution in [1.82, 2.24) is 0 Å². The molecule has 0 aliphatic heterocycles. The quantitative estimate of drug-likeness (QED) is 0.0343. The van der Waals surface area contributed by atoms with Crippen LogP contribution in [0, 0.1) is 0 Å². The van der Waals surface area contributed by atoms with Gasteiger partial charge in [-0.3, -0.25) is 14.4 Å². The molecule has 0 aromatic rings. The number of unbranched alkanes of at least 4 members (excludes halogenated alkanes) is 58. The number of carbonyl (C=O) groups is 3. The lowest BCUT2D eigenvalue weighted by Gasteiger charge is -2.18. The van der Waals surface area contributed by atoms with Gasteiger partial charge in [0, 0.05) is 19.3 Å². The van der Waals surface area contributed by atoms with Crippen molar-refractivity contribution in [3.8, 4) is 0 Å². The fraction of sp³-hybridized carbons (Fsp3) is 0.959. The maximum absolute atomic E-state index is 12.9. The zero-order chi connectivity index (χ0) is 57.1. The molecule has 1 unspecified atom stereocenters. The van der Waals surface area contributed by atoms with E-state index in [1.807, 2.05) is 0 Å². The molecule has 0 spiro atoms. The normalized spacial score (nSPS) is 11.9. The van der Waals surface area contributed by atoms with Crippen LogP contribution in [0.4, 0.5) is 0 Å². The Morgan fingerprint density at radius 2 is 0.342 bits per heavy atom. The van der Waals surface area contributed by atoms with Crippen molar-refractivity contribution in [2.45, 2.75) is 438 Å². The van der Waals surface area contributed by atoms with Crippen molar-refractivity contribution in [3.63, 3.8) is 0 Å². The highest BCUT2D eigenvalue weighted by Gasteiger charge is 2.20. The smallest absolute Gasteiger partial charge is 0.306 e. The van der Waals surface area contributed by atoms with Gasteiger partial charge in [0.1, 0.15) is 13.2 Å². The van der Waals surface area contributed by atoms with Crippen LogP contribution in [0.2, 0.25) is 0 Å². The summed E-state index contributed by atoms with van der Waals surface area (Å²) < 4.78 is 16.9. The highest BCUT2D eigenvalue weighted by Crippen LogP contribution is 2.20. The van der Waals surface area contributed by atoms with Crippen LogP contribution in [0.1, 0.15) is 432 Å². The summed E-state index contributed by atoms with van der Waals surface area (Å²) in [5.74, 6) is -0.831. The molecule has 6 nitrogen and oxygen atoms in total. The first-order valence-electron chi connectivity index (χ1n) is 36.5. The summed E-state index contributed by atoms with van der Waals surface area (Å²) in [4.78, 5) is 38.2. The number of esters is 3. The topological polar surface area (TPSA) is 78.9 Å². The molecule has 0 aliphatic carbocycles. The third kappa shape index (κ3) is 67.1. The summed E-state index contributed by atoms with van der Waals surface area (Å²) in [6.45, 7) is 6.70. The highest BCUT2D eigenvalue weighted by molar-refractivity contribution is 5.71. The monoisotopic (exact) mass is 1120 g/mol. The van der Waals surface area contributed by atoms with Crippen molar-refractivity contribution in [1.29, 1.82) is 0 Å². The lowest BCUT2D eigenvalue weighted by Crippen LogP contribution is -2.30. The van der Waals surface area contributed by atoms with Crippen LogP contribution in [-0.2, 0) is 28.6 Å². The van der Waals surface area contributed by atoms with E-state index in [4.69, 9.17) is 14.2 Å². The molecule has 0 radical (unpaired) electrons. The van der Waals surface area contributed by atoms with Crippen molar-refractivity contribution < 1.29 is 28.6 Å². The van der Waals surface area contributed by atoms with Gasteiger partial charge in [-0.25, -0.2) is 0 Å². The maximum atomic E-state index is 12.9. The SMILES string of the molecule is CCCCCCCCCCCCCCCCCCCCCCCCCCCCCCCCCCCCCC(=O)OCC(COC(=O)CCCCCCCCCC)OC(=O)CCCCCCCCCCCCCCCCCCCC. The average Bonchev–Trinajstić information content (AvgIpc) is 3.45. The van der Waals surface area contributed by atoms with Gasteiger partial charge in [-0.05, 0) is 19.3 Å². The average molecular weight is 1120 g/mol. The Hall–Kier alpha value is -1.59. The molecule has 0 heterocycles. The minimum absolute atomic E-state index is 0.0611. The molecule has 0 amide bonds. The summed E-state index contributed by atoms with van der Waals surface area (Å²) in [7, 11) is 0. The van der Waals surface area contributed by atoms with E-state index >= 15 is 0 Å². The Morgan fingerprint density at radius 1 is 0.203 bits per heavy atom. The predicted molar refractivity (Wildman–Crippen MR) is 344 cm³/mol. The van der Waals surface area contributed by atoms with E-state index in [1.54, 1.807) is 0 Å². The second-order valence-electron chi connectivity index (χ2n) is 25.2. The molecular weight excluding hydrogens is 973 g/mol. The van der Waals surface area contributed by atoms with Crippen LogP contribution >= 0.6 is 0 Å². The second-order valence-corrected chi connectivity index (χ2v) is 25.2. The maximum Gasteiger partial charge on any atom is 0.306 e. The van der Waals surface area contributed by atoms with E-state index in [9.17, 15) is 14.4 Å². The first-order chi connectivity index (χ1) is 39.0. The Morgan fingerprint density at radius 3 is 0.506 bits per heavy atom. The van der Waals surface area contributed by atoms with Crippen LogP contribution in [0.25, 0.3) is 0 Å². The van der Waals surface area contributed by atoms with E-state index in [0.717, 1.165) is 57.8 Å². The molecule has 0 aromatic heterocycles. The largest absolute Gasteiger partial charge is 0.462 e. The molecule has 0 aliphatic rings. The molecule has 79 heavy (non-hydrogen) atoms. The van der Waals surface area contributed by atoms with Crippen molar-refractivity contribution in [3.05, 3.63) is 0 Å². The summed E-state index contributed by atoms with van der Waals surface area (Å²) in [6, 6.07) is 0. The van der Waals surface area contributed by atoms with Gasteiger partial charge in [0.05, 0.1) is 0 Å². The van der Waals surface area contributed by atoms with Crippen LogP contribution in [0.15, 0.2) is 0 Å². The Labute approximate surface area is 495 Å². The van der Waals surface area contributed by atoms with E-state index in [1.165, 1.54) is 334 Å². The van der Waals surface area contributed by atoms with E-state index < -0.39 is 6.10 Å². The van der Waals surface area contributed by atoms with Crippen molar-refractivity contribution >= 4 is 17.9 Å². The Bertz CT molecular complexity index is 1190. The third-order valence-electron chi connectivity index (χ3n) is 17.1. The van der Waals surface area contributed by atoms with E-state index in [2.05, 4.69) is 20.8 Å². The molecule has 6 heteroatoms.